The Morgan fingerprint density at radius 1 is 1.15 bits per heavy atom. The lowest BCUT2D eigenvalue weighted by Crippen LogP contribution is -2.41. The van der Waals surface area contributed by atoms with Crippen molar-refractivity contribution in [1.29, 1.82) is 0 Å². The second-order valence-electron chi connectivity index (χ2n) is 9.06. The lowest BCUT2D eigenvalue weighted by Gasteiger charge is -2.34. The van der Waals surface area contributed by atoms with Crippen molar-refractivity contribution in [2.45, 2.75) is 52.0 Å². The van der Waals surface area contributed by atoms with Crippen LogP contribution in [0, 0.1) is 12.8 Å². The summed E-state index contributed by atoms with van der Waals surface area (Å²) in [6, 6.07) is 14.3. The molecule has 8 heteroatoms. The van der Waals surface area contributed by atoms with Crippen LogP contribution in [0.3, 0.4) is 0 Å². The van der Waals surface area contributed by atoms with E-state index in [1.54, 1.807) is 4.90 Å². The molecule has 2 aliphatic rings. The highest BCUT2D eigenvalue weighted by Crippen LogP contribution is 2.30. The van der Waals surface area contributed by atoms with Crippen molar-refractivity contribution in [3.8, 4) is 0 Å². The van der Waals surface area contributed by atoms with Crippen molar-refractivity contribution in [3.63, 3.8) is 0 Å². The number of hydrogen-bond acceptors (Lipinski definition) is 5. The lowest BCUT2D eigenvalue weighted by molar-refractivity contribution is -0.146. The molecule has 7 nitrogen and oxygen atoms in total. The van der Waals surface area contributed by atoms with Gasteiger partial charge in [0.15, 0.2) is 6.10 Å². The van der Waals surface area contributed by atoms with Crippen molar-refractivity contribution in [2.75, 3.05) is 24.5 Å². The topological polar surface area (TPSA) is 93.1 Å². The molecule has 2 aromatic rings. The molecular formula is C26H34BrN3O4. The average Bonchev–Trinajstić information content (AvgIpc) is 3.27. The number of aliphatic hydroxyl groups excluding tert-OH is 2. The molecule has 2 amide bonds. The Morgan fingerprint density at radius 3 is 2.29 bits per heavy atom. The molecule has 3 N–H and O–H groups in total. The number of benzene rings is 2. The van der Waals surface area contributed by atoms with E-state index >= 15 is 0 Å². The minimum Gasteiger partial charge on any atom is -0.390 e. The predicted molar refractivity (Wildman–Crippen MR) is 136 cm³/mol. The van der Waals surface area contributed by atoms with Gasteiger partial charge >= 0.3 is 0 Å². The fraction of sp³-hybridized carbons (Fsp3) is 0.462. The summed E-state index contributed by atoms with van der Waals surface area (Å²) in [7, 11) is 0. The highest BCUT2D eigenvalue weighted by atomic mass is 79.9. The Labute approximate surface area is 209 Å². The van der Waals surface area contributed by atoms with E-state index in [9.17, 15) is 19.8 Å². The number of hydrogen-bond donors (Lipinski definition) is 3. The third kappa shape index (κ3) is 6.81. The van der Waals surface area contributed by atoms with Crippen molar-refractivity contribution in [3.05, 3.63) is 63.6 Å². The SMILES string of the molecule is CC(O)C(O)C(=O)N1Cc2ccccc2C1.Cc1ccc(N2CCC(CNC=O)CC2)c(Br)c1. The van der Waals surface area contributed by atoms with Gasteiger partial charge in [-0.15, -0.1) is 0 Å². The van der Waals surface area contributed by atoms with Crippen molar-refractivity contribution in [1.82, 2.24) is 10.2 Å². The molecule has 2 heterocycles. The lowest BCUT2D eigenvalue weighted by atomic mass is 9.96. The van der Waals surface area contributed by atoms with Gasteiger partial charge in [-0.2, -0.15) is 0 Å². The van der Waals surface area contributed by atoms with Crippen molar-refractivity contribution >= 4 is 33.9 Å². The number of aliphatic hydroxyl groups is 2. The van der Waals surface area contributed by atoms with Crippen LogP contribution in [-0.4, -0.2) is 59.3 Å². The van der Waals surface area contributed by atoms with Gasteiger partial charge in [0.25, 0.3) is 5.91 Å². The zero-order valence-corrected chi connectivity index (χ0v) is 21.4. The molecule has 0 aromatic heterocycles. The van der Waals surface area contributed by atoms with Gasteiger partial charge in [-0.3, -0.25) is 9.59 Å². The first-order valence-corrected chi connectivity index (χ1v) is 12.5. The van der Waals surface area contributed by atoms with Crippen LogP contribution in [0.2, 0.25) is 0 Å². The number of piperidine rings is 1. The molecule has 0 saturated carbocycles. The zero-order chi connectivity index (χ0) is 24.7. The maximum Gasteiger partial charge on any atom is 0.254 e. The van der Waals surface area contributed by atoms with E-state index in [0.717, 1.165) is 50.0 Å². The fourth-order valence-corrected chi connectivity index (χ4v) is 5.09. The van der Waals surface area contributed by atoms with Gasteiger partial charge in [0.05, 0.1) is 11.8 Å². The Hall–Kier alpha value is -2.42. The average molecular weight is 532 g/mol. The molecule has 0 bridgehead atoms. The highest BCUT2D eigenvalue weighted by Gasteiger charge is 2.30. The summed E-state index contributed by atoms with van der Waals surface area (Å²) in [5.41, 5.74) is 4.76. The Balaban J connectivity index is 0.000000192. The minimum absolute atomic E-state index is 0.411. The number of nitrogens with zero attached hydrogens (tertiary/aromatic N) is 2. The molecule has 2 unspecified atom stereocenters. The van der Waals surface area contributed by atoms with Crippen LogP contribution in [0.4, 0.5) is 5.69 Å². The molecule has 0 spiro atoms. The van der Waals surface area contributed by atoms with E-state index in [-0.39, 0.29) is 0 Å². The molecule has 4 rings (SSSR count). The standard InChI is InChI=1S/C14H19BrN2O.C12H15NO3/c1-11-2-3-14(13(15)8-11)17-6-4-12(5-7-17)9-16-10-18;1-8(14)11(15)12(16)13-6-9-4-2-3-5-10(9)7-13/h2-3,8,10,12H,4-7,9H2,1H3,(H,16,18);2-5,8,11,14-15H,6-7H2,1H3. The van der Waals surface area contributed by atoms with E-state index in [1.165, 1.54) is 22.6 Å². The van der Waals surface area contributed by atoms with Crippen LogP contribution in [0.5, 0.6) is 0 Å². The summed E-state index contributed by atoms with van der Waals surface area (Å²) in [4.78, 5) is 26.0. The Morgan fingerprint density at radius 2 is 1.76 bits per heavy atom. The van der Waals surface area contributed by atoms with Crippen LogP contribution in [0.25, 0.3) is 0 Å². The molecule has 2 aliphatic heterocycles. The number of aryl methyl sites for hydroxylation is 1. The summed E-state index contributed by atoms with van der Waals surface area (Å²) >= 11 is 3.64. The summed E-state index contributed by atoms with van der Waals surface area (Å²) in [5.74, 6) is 0.210. The summed E-state index contributed by atoms with van der Waals surface area (Å²) < 4.78 is 1.17. The number of carbonyl (C=O) groups excluding carboxylic acids is 2. The maximum absolute atomic E-state index is 11.8. The van der Waals surface area contributed by atoms with Crippen molar-refractivity contribution < 1.29 is 19.8 Å². The number of fused-ring (bicyclic) bond motifs is 1. The third-order valence-electron chi connectivity index (χ3n) is 6.41. The number of nitrogens with one attached hydrogen (secondary N) is 1. The molecule has 0 aliphatic carbocycles. The normalized spacial score (nSPS) is 17.3. The molecule has 34 heavy (non-hydrogen) atoms. The number of amides is 2. The van der Waals surface area contributed by atoms with Crippen molar-refractivity contribution in [2.24, 2.45) is 5.92 Å². The summed E-state index contributed by atoms with van der Waals surface area (Å²) in [6.45, 7) is 7.47. The molecule has 184 valence electrons. The third-order valence-corrected chi connectivity index (χ3v) is 7.05. The zero-order valence-electron chi connectivity index (χ0n) is 19.8. The highest BCUT2D eigenvalue weighted by molar-refractivity contribution is 9.10. The smallest absolute Gasteiger partial charge is 0.254 e. The summed E-state index contributed by atoms with van der Waals surface area (Å²) in [5, 5.41) is 21.4. The van der Waals surface area contributed by atoms with Crippen LogP contribution in [0.1, 0.15) is 36.5 Å². The Bertz CT molecular complexity index is 951. The molecule has 0 radical (unpaired) electrons. The number of anilines is 1. The van der Waals surface area contributed by atoms with Crippen LogP contribution < -0.4 is 10.2 Å². The number of rotatable bonds is 6. The molecule has 2 aromatic carbocycles. The van der Waals surface area contributed by atoms with Gasteiger partial charge < -0.3 is 25.3 Å². The predicted octanol–water partition coefficient (Wildman–Crippen LogP) is 2.99. The second kappa shape index (κ2) is 12.3. The summed E-state index contributed by atoms with van der Waals surface area (Å²) in [6.07, 6.45) is 0.719. The second-order valence-corrected chi connectivity index (χ2v) is 9.91. The maximum atomic E-state index is 11.8. The van der Waals surface area contributed by atoms with E-state index in [0.29, 0.717) is 19.0 Å². The van der Waals surface area contributed by atoms with Gasteiger partial charge in [-0.1, -0.05) is 30.3 Å². The minimum atomic E-state index is -1.32. The van der Waals surface area contributed by atoms with Crippen LogP contribution in [-0.2, 0) is 22.7 Å². The molecule has 2 atom stereocenters. The first-order chi connectivity index (χ1) is 16.3. The van der Waals surface area contributed by atoms with E-state index in [4.69, 9.17) is 0 Å². The molecule has 1 saturated heterocycles. The number of halogens is 1. The Kier molecular flexibility index (Phi) is 9.50. The van der Waals surface area contributed by atoms with Gasteiger partial charge in [-0.05, 0) is 77.4 Å². The first kappa shape index (κ1) is 26.2. The van der Waals surface area contributed by atoms with E-state index < -0.39 is 18.1 Å². The largest absolute Gasteiger partial charge is 0.390 e. The van der Waals surface area contributed by atoms with Crippen LogP contribution in [0.15, 0.2) is 46.9 Å². The van der Waals surface area contributed by atoms with Crippen LogP contribution >= 0.6 is 15.9 Å². The van der Waals surface area contributed by atoms with Gasteiger partial charge in [-0.25, -0.2) is 0 Å². The van der Waals surface area contributed by atoms with Gasteiger partial charge in [0.1, 0.15) is 0 Å². The van der Waals surface area contributed by atoms with E-state index in [2.05, 4.69) is 51.3 Å². The molecule has 1 fully saturated rings. The van der Waals surface area contributed by atoms with Gasteiger partial charge in [0.2, 0.25) is 6.41 Å². The monoisotopic (exact) mass is 531 g/mol. The number of carbonyl (C=O) groups is 2. The van der Waals surface area contributed by atoms with Gasteiger partial charge in [0, 0.05) is 37.2 Å². The van der Waals surface area contributed by atoms with E-state index in [1.807, 2.05) is 24.3 Å². The first-order valence-electron chi connectivity index (χ1n) is 11.7. The fourth-order valence-electron chi connectivity index (χ4n) is 4.34. The quantitative estimate of drug-likeness (QED) is 0.498. The molecular weight excluding hydrogens is 498 g/mol.